The zero-order chi connectivity index (χ0) is 9.84. The van der Waals surface area contributed by atoms with Crippen LogP contribution in [0.15, 0.2) is 0 Å². The van der Waals surface area contributed by atoms with Crippen molar-refractivity contribution in [3.05, 3.63) is 0 Å². The molecule has 1 fully saturated rings. The normalized spacial score (nSPS) is 33.0. The minimum atomic E-state index is -0.482. The molecule has 0 aromatic heterocycles. The first kappa shape index (κ1) is 10.6. The van der Waals surface area contributed by atoms with Crippen molar-refractivity contribution < 1.29 is 14.3 Å². The molecular formula is C8H14ClNO3. The van der Waals surface area contributed by atoms with Gasteiger partial charge in [0.25, 0.3) is 0 Å². The van der Waals surface area contributed by atoms with Gasteiger partial charge in [-0.3, -0.25) is 0 Å². The Morgan fingerprint density at radius 2 is 2.38 bits per heavy atom. The van der Waals surface area contributed by atoms with Crippen molar-refractivity contribution in [3.63, 3.8) is 0 Å². The molecule has 0 spiro atoms. The molecule has 4 nitrogen and oxygen atoms in total. The lowest BCUT2D eigenvalue weighted by Crippen LogP contribution is -2.39. The summed E-state index contributed by atoms with van der Waals surface area (Å²) in [6.07, 6.45) is 0.567. The number of halogens is 1. The Morgan fingerprint density at radius 3 is 2.85 bits per heavy atom. The number of rotatable bonds is 2. The van der Waals surface area contributed by atoms with E-state index in [9.17, 15) is 4.79 Å². The molecule has 0 saturated carbocycles. The summed E-state index contributed by atoms with van der Waals surface area (Å²) in [5.41, 5.74) is 0. The third-order valence-corrected chi connectivity index (χ3v) is 2.20. The highest BCUT2D eigenvalue weighted by atomic mass is 35.5. The summed E-state index contributed by atoms with van der Waals surface area (Å²) in [5, 5.41) is 2.69. The summed E-state index contributed by atoms with van der Waals surface area (Å²) >= 11 is 5.23. The Bertz CT molecular complexity index is 188. The van der Waals surface area contributed by atoms with Gasteiger partial charge in [-0.2, -0.15) is 0 Å². The molecule has 1 aliphatic heterocycles. The predicted octanol–water partition coefficient (Wildman–Crippen LogP) is 1.47. The van der Waals surface area contributed by atoms with Crippen LogP contribution in [0, 0.1) is 0 Å². The maximum Gasteiger partial charge on any atom is 0.408 e. The van der Waals surface area contributed by atoms with Gasteiger partial charge >= 0.3 is 6.09 Å². The lowest BCUT2D eigenvalue weighted by molar-refractivity contribution is 0.0597. The van der Waals surface area contributed by atoms with E-state index in [0.717, 1.165) is 6.42 Å². The Morgan fingerprint density at radius 1 is 1.69 bits per heavy atom. The second-order valence-electron chi connectivity index (χ2n) is 3.18. The molecule has 0 aromatic carbocycles. The summed E-state index contributed by atoms with van der Waals surface area (Å²) < 4.78 is 10.00. The minimum Gasteiger partial charge on any atom is -0.433 e. The molecule has 3 unspecified atom stereocenters. The zero-order valence-electron chi connectivity index (χ0n) is 7.75. The van der Waals surface area contributed by atoms with Crippen molar-refractivity contribution in [1.82, 2.24) is 5.32 Å². The second kappa shape index (κ2) is 4.67. The quantitative estimate of drug-likeness (QED) is 0.698. The average molecular weight is 208 g/mol. The molecule has 76 valence electrons. The zero-order valence-corrected chi connectivity index (χ0v) is 8.50. The number of hydrogen-bond acceptors (Lipinski definition) is 3. The maximum atomic E-state index is 11.0. The van der Waals surface area contributed by atoms with E-state index < -0.39 is 6.09 Å². The van der Waals surface area contributed by atoms with Crippen LogP contribution < -0.4 is 5.32 Å². The SMILES string of the molecule is CC1CC(NC(=O)OCCl)C(C)O1. The topological polar surface area (TPSA) is 47.6 Å². The fourth-order valence-electron chi connectivity index (χ4n) is 1.48. The van der Waals surface area contributed by atoms with Crippen molar-refractivity contribution in [2.24, 2.45) is 0 Å². The van der Waals surface area contributed by atoms with Gasteiger partial charge in [-0.1, -0.05) is 11.6 Å². The molecule has 0 bridgehead atoms. The standard InChI is InChI=1S/C8H14ClNO3/c1-5-3-7(6(2)13-5)10-8(11)12-4-9/h5-7H,3-4H2,1-2H3,(H,10,11). The molecule has 1 N–H and O–H groups in total. The minimum absolute atomic E-state index is 0.0331. The Kier molecular flexibility index (Phi) is 3.81. The third-order valence-electron chi connectivity index (χ3n) is 2.09. The van der Waals surface area contributed by atoms with Gasteiger partial charge in [0.15, 0.2) is 6.07 Å². The van der Waals surface area contributed by atoms with E-state index in [2.05, 4.69) is 10.1 Å². The van der Waals surface area contributed by atoms with Gasteiger partial charge in [0.05, 0.1) is 18.2 Å². The average Bonchev–Trinajstić information content (AvgIpc) is 2.30. The molecule has 0 aliphatic carbocycles. The number of nitrogens with one attached hydrogen (secondary N) is 1. The van der Waals surface area contributed by atoms with Gasteiger partial charge in [-0.05, 0) is 20.3 Å². The number of alkyl halides is 1. The molecule has 5 heteroatoms. The molecule has 1 rings (SSSR count). The van der Waals surface area contributed by atoms with E-state index in [4.69, 9.17) is 16.3 Å². The van der Waals surface area contributed by atoms with Crippen molar-refractivity contribution in [1.29, 1.82) is 0 Å². The van der Waals surface area contributed by atoms with Gasteiger partial charge in [-0.25, -0.2) is 4.79 Å². The number of hydrogen-bond donors (Lipinski definition) is 1. The second-order valence-corrected chi connectivity index (χ2v) is 3.40. The maximum absolute atomic E-state index is 11.0. The van der Waals surface area contributed by atoms with Crippen molar-refractivity contribution in [2.45, 2.75) is 38.5 Å². The third kappa shape index (κ3) is 3.04. The molecule has 1 heterocycles. The van der Waals surface area contributed by atoms with Crippen molar-refractivity contribution in [2.75, 3.05) is 6.07 Å². The van der Waals surface area contributed by atoms with Crippen molar-refractivity contribution >= 4 is 17.7 Å². The van der Waals surface area contributed by atoms with Crippen LogP contribution in [0.25, 0.3) is 0 Å². The van der Waals surface area contributed by atoms with Crippen LogP contribution in [0.1, 0.15) is 20.3 Å². The van der Waals surface area contributed by atoms with E-state index >= 15 is 0 Å². The van der Waals surface area contributed by atoms with Crippen LogP contribution in [-0.2, 0) is 9.47 Å². The number of amides is 1. The summed E-state index contributed by atoms with van der Waals surface area (Å²) in [4.78, 5) is 11.0. The largest absolute Gasteiger partial charge is 0.433 e. The van der Waals surface area contributed by atoms with Crippen LogP contribution in [-0.4, -0.2) is 30.4 Å². The summed E-state index contributed by atoms with van der Waals surface area (Å²) in [6, 6.07) is -0.0886. The Labute approximate surface area is 82.5 Å². The molecule has 13 heavy (non-hydrogen) atoms. The van der Waals surface area contributed by atoms with E-state index in [1.165, 1.54) is 0 Å². The number of carbonyl (C=O) groups excluding carboxylic acids is 1. The van der Waals surface area contributed by atoms with Gasteiger partial charge < -0.3 is 14.8 Å². The number of carbonyl (C=O) groups is 1. The molecular weight excluding hydrogens is 194 g/mol. The first-order valence-corrected chi connectivity index (χ1v) is 4.81. The summed E-state index contributed by atoms with van der Waals surface area (Å²) in [6.45, 7) is 3.90. The molecule has 0 radical (unpaired) electrons. The molecule has 3 atom stereocenters. The fraction of sp³-hybridized carbons (Fsp3) is 0.875. The number of ether oxygens (including phenoxy) is 2. The highest BCUT2D eigenvalue weighted by Crippen LogP contribution is 2.19. The summed E-state index contributed by atoms with van der Waals surface area (Å²) in [7, 11) is 0. The Balaban J connectivity index is 2.32. The molecule has 0 aromatic rings. The number of alkyl carbamates (subject to hydrolysis) is 1. The fourth-order valence-corrected chi connectivity index (χ4v) is 1.58. The highest BCUT2D eigenvalue weighted by molar-refractivity contribution is 6.17. The van der Waals surface area contributed by atoms with Crippen molar-refractivity contribution in [3.8, 4) is 0 Å². The predicted molar refractivity (Wildman–Crippen MR) is 48.8 cm³/mol. The van der Waals surface area contributed by atoms with Crippen LogP contribution >= 0.6 is 11.6 Å². The molecule has 1 aliphatic rings. The van der Waals surface area contributed by atoms with E-state index in [1.54, 1.807) is 0 Å². The Hall–Kier alpha value is -0.480. The van der Waals surface area contributed by atoms with Gasteiger partial charge in [0.2, 0.25) is 0 Å². The first-order chi connectivity index (χ1) is 6.13. The molecule has 1 amide bonds. The van der Waals surface area contributed by atoms with Crippen LogP contribution in [0.2, 0.25) is 0 Å². The van der Waals surface area contributed by atoms with Gasteiger partial charge in [0.1, 0.15) is 0 Å². The highest BCUT2D eigenvalue weighted by Gasteiger charge is 2.30. The van der Waals surface area contributed by atoms with Crippen LogP contribution in [0.5, 0.6) is 0 Å². The first-order valence-electron chi connectivity index (χ1n) is 4.28. The smallest absolute Gasteiger partial charge is 0.408 e. The van der Waals surface area contributed by atoms with E-state index in [1.807, 2.05) is 13.8 Å². The van der Waals surface area contributed by atoms with Crippen LogP contribution in [0.3, 0.4) is 0 Å². The van der Waals surface area contributed by atoms with Crippen LogP contribution in [0.4, 0.5) is 4.79 Å². The van der Waals surface area contributed by atoms with E-state index in [-0.39, 0.29) is 24.3 Å². The monoisotopic (exact) mass is 207 g/mol. The van der Waals surface area contributed by atoms with Gasteiger partial charge in [0, 0.05) is 0 Å². The van der Waals surface area contributed by atoms with E-state index in [0.29, 0.717) is 0 Å². The summed E-state index contributed by atoms with van der Waals surface area (Å²) in [5.74, 6) is 0. The van der Waals surface area contributed by atoms with Gasteiger partial charge in [-0.15, -0.1) is 0 Å². The molecule has 1 saturated heterocycles. The lowest BCUT2D eigenvalue weighted by Gasteiger charge is -2.14. The lowest BCUT2D eigenvalue weighted by atomic mass is 10.1.